The van der Waals surface area contributed by atoms with Crippen LogP contribution in [0, 0.1) is 5.82 Å². The van der Waals surface area contributed by atoms with E-state index in [0.29, 0.717) is 24.4 Å². The highest BCUT2D eigenvalue weighted by atomic mass is 19.1. The SMILES string of the molecule is CC(C)NC(=O)C1COCCN1c1cc(F)cc(CO)c1. The highest BCUT2D eigenvalue weighted by Gasteiger charge is 2.30. The molecule has 1 heterocycles. The number of anilines is 1. The van der Waals surface area contributed by atoms with Crippen LogP contribution in [-0.2, 0) is 16.1 Å². The molecule has 6 heteroatoms. The Kier molecular flexibility index (Phi) is 5.14. The predicted molar refractivity (Wildman–Crippen MR) is 77.6 cm³/mol. The summed E-state index contributed by atoms with van der Waals surface area (Å²) in [4.78, 5) is 14.1. The third-order valence-electron chi connectivity index (χ3n) is 3.32. The van der Waals surface area contributed by atoms with Gasteiger partial charge in [0.15, 0.2) is 0 Å². The number of nitrogens with zero attached hydrogens (tertiary/aromatic N) is 1. The van der Waals surface area contributed by atoms with Gasteiger partial charge in [0.1, 0.15) is 11.9 Å². The van der Waals surface area contributed by atoms with E-state index in [0.717, 1.165) is 0 Å². The van der Waals surface area contributed by atoms with E-state index >= 15 is 0 Å². The minimum Gasteiger partial charge on any atom is -0.392 e. The van der Waals surface area contributed by atoms with Crippen LogP contribution in [0.4, 0.5) is 10.1 Å². The Morgan fingerprint density at radius 2 is 2.29 bits per heavy atom. The molecule has 1 aromatic rings. The molecular formula is C15H21FN2O3. The fourth-order valence-corrected chi connectivity index (χ4v) is 2.40. The fourth-order valence-electron chi connectivity index (χ4n) is 2.40. The average molecular weight is 296 g/mol. The molecule has 0 spiro atoms. The molecule has 1 fully saturated rings. The van der Waals surface area contributed by atoms with Crippen molar-refractivity contribution in [3.63, 3.8) is 0 Å². The third-order valence-corrected chi connectivity index (χ3v) is 3.32. The number of amides is 1. The molecule has 0 bridgehead atoms. The molecule has 1 aliphatic heterocycles. The fraction of sp³-hybridized carbons (Fsp3) is 0.533. The molecule has 5 nitrogen and oxygen atoms in total. The number of hydrogen-bond donors (Lipinski definition) is 2. The quantitative estimate of drug-likeness (QED) is 0.872. The zero-order chi connectivity index (χ0) is 15.4. The minimum absolute atomic E-state index is 0.0294. The van der Waals surface area contributed by atoms with Crippen molar-refractivity contribution in [2.45, 2.75) is 32.5 Å². The second-order valence-corrected chi connectivity index (χ2v) is 5.42. The first-order valence-electron chi connectivity index (χ1n) is 7.06. The van der Waals surface area contributed by atoms with Gasteiger partial charge in [-0.2, -0.15) is 0 Å². The van der Waals surface area contributed by atoms with Gasteiger partial charge in [-0.05, 0) is 37.6 Å². The number of aliphatic hydroxyl groups excluding tert-OH is 1. The number of carbonyl (C=O) groups excluding carboxylic acids is 1. The first-order valence-corrected chi connectivity index (χ1v) is 7.06. The summed E-state index contributed by atoms with van der Waals surface area (Å²) in [6, 6.07) is 3.90. The number of halogens is 1. The van der Waals surface area contributed by atoms with Crippen molar-refractivity contribution in [1.82, 2.24) is 5.32 Å². The molecule has 1 saturated heterocycles. The van der Waals surface area contributed by atoms with Gasteiger partial charge in [-0.3, -0.25) is 4.79 Å². The molecule has 2 rings (SSSR count). The van der Waals surface area contributed by atoms with E-state index in [-0.39, 0.29) is 25.2 Å². The second-order valence-electron chi connectivity index (χ2n) is 5.42. The molecule has 1 aliphatic rings. The van der Waals surface area contributed by atoms with E-state index in [4.69, 9.17) is 4.74 Å². The summed E-state index contributed by atoms with van der Waals surface area (Å²) in [5.74, 6) is -0.564. The largest absolute Gasteiger partial charge is 0.392 e. The van der Waals surface area contributed by atoms with Gasteiger partial charge in [0, 0.05) is 18.3 Å². The van der Waals surface area contributed by atoms with E-state index in [1.54, 1.807) is 6.07 Å². The maximum Gasteiger partial charge on any atom is 0.245 e. The van der Waals surface area contributed by atoms with Crippen LogP contribution >= 0.6 is 0 Å². The van der Waals surface area contributed by atoms with Gasteiger partial charge in [0.25, 0.3) is 0 Å². The van der Waals surface area contributed by atoms with Gasteiger partial charge in [0.2, 0.25) is 5.91 Å². The predicted octanol–water partition coefficient (Wildman–Crippen LogP) is 1.05. The number of ether oxygens (including phenoxy) is 1. The number of morpholine rings is 1. The van der Waals surface area contributed by atoms with Crippen LogP contribution in [0.15, 0.2) is 18.2 Å². The highest BCUT2D eigenvalue weighted by Crippen LogP contribution is 2.23. The lowest BCUT2D eigenvalue weighted by Gasteiger charge is -2.36. The third kappa shape index (κ3) is 3.92. The second kappa shape index (κ2) is 6.87. The Morgan fingerprint density at radius 3 is 2.95 bits per heavy atom. The molecule has 0 aliphatic carbocycles. The first-order chi connectivity index (χ1) is 10.0. The molecule has 116 valence electrons. The van der Waals surface area contributed by atoms with Gasteiger partial charge >= 0.3 is 0 Å². The van der Waals surface area contributed by atoms with Crippen molar-refractivity contribution in [3.8, 4) is 0 Å². The molecule has 21 heavy (non-hydrogen) atoms. The van der Waals surface area contributed by atoms with Gasteiger partial charge in [-0.15, -0.1) is 0 Å². The van der Waals surface area contributed by atoms with Crippen molar-refractivity contribution in [2.75, 3.05) is 24.7 Å². The lowest BCUT2D eigenvalue weighted by molar-refractivity contribution is -0.125. The number of nitrogens with one attached hydrogen (secondary N) is 1. The van der Waals surface area contributed by atoms with E-state index in [2.05, 4.69) is 5.32 Å². The van der Waals surface area contributed by atoms with Gasteiger partial charge in [-0.1, -0.05) is 0 Å². The summed E-state index contributed by atoms with van der Waals surface area (Å²) in [7, 11) is 0. The van der Waals surface area contributed by atoms with Crippen LogP contribution in [0.5, 0.6) is 0 Å². The molecule has 2 N–H and O–H groups in total. The van der Waals surface area contributed by atoms with Crippen molar-refractivity contribution >= 4 is 11.6 Å². The monoisotopic (exact) mass is 296 g/mol. The van der Waals surface area contributed by atoms with Crippen LogP contribution in [-0.4, -0.2) is 42.9 Å². The number of hydrogen-bond acceptors (Lipinski definition) is 4. The summed E-state index contributed by atoms with van der Waals surface area (Å²) >= 11 is 0. The summed E-state index contributed by atoms with van der Waals surface area (Å²) < 4.78 is 19.0. The minimum atomic E-state index is -0.491. The maximum absolute atomic E-state index is 13.6. The van der Waals surface area contributed by atoms with Crippen LogP contribution in [0.2, 0.25) is 0 Å². The van der Waals surface area contributed by atoms with Crippen molar-refractivity contribution < 1.29 is 19.0 Å². The van der Waals surface area contributed by atoms with Crippen molar-refractivity contribution in [1.29, 1.82) is 0 Å². The normalized spacial score (nSPS) is 18.9. The summed E-state index contributed by atoms with van der Waals surface area (Å²) in [6.07, 6.45) is 0. The molecule has 1 atom stereocenters. The Labute approximate surface area is 123 Å². The summed E-state index contributed by atoms with van der Waals surface area (Å²) in [5.41, 5.74) is 1.07. The van der Waals surface area contributed by atoms with Crippen molar-refractivity contribution in [3.05, 3.63) is 29.6 Å². The Balaban J connectivity index is 2.26. The van der Waals surface area contributed by atoms with Gasteiger partial charge < -0.3 is 20.1 Å². The maximum atomic E-state index is 13.6. The van der Waals surface area contributed by atoms with Crippen molar-refractivity contribution in [2.24, 2.45) is 0 Å². The van der Waals surface area contributed by atoms with Gasteiger partial charge in [0.05, 0.1) is 19.8 Å². The average Bonchev–Trinajstić information content (AvgIpc) is 2.45. The number of rotatable bonds is 4. The molecule has 0 aromatic heterocycles. The Hall–Kier alpha value is -1.66. The zero-order valence-corrected chi connectivity index (χ0v) is 12.3. The lowest BCUT2D eigenvalue weighted by Crippen LogP contribution is -2.55. The molecule has 1 unspecified atom stereocenters. The van der Waals surface area contributed by atoms with E-state index in [9.17, 15) is 14.3 Å². The summed E-state index contributed by atoms with van der Waals surface area (Å²) in [5, 5.41) is 12.0. The van der Waals surface area contributed by atoms with E-state index in [1.807, 2.05) is 18.7 Å². The smallest absolute Gasteiger partial charge is 0.245 e. The van der Waals surface area contributed by atoms with Crippen LogP contribution < -0.4 is 10.2 Å². The molecule has 0 radical (unpaired) electrons. The standard InChI is InChI=1S/C15H21FN2O3/c1-10(2)17-15(20)14-9-21-4-3-18(14)13-6-11(8-19)5-12(16)7-13/h5-7,10,14,19H,3-4,8-9H2,1-2H3,(H,17,20). The van der Waals surface area contributed by atoms with Gasteiger partial charge in [-0.25, -0.2) is 4.39 Å². The summed E-state index contributed by atoms with van der Waals surface area (Å²) in [6.45, 7) is 4.79. The zero-order valence-electron chi connectivity index (χ0n) is 12.3. The highest BCUT2D eigenvalue weighted by molar-refractivity contribution is 5.86. The number of aliphatic hydroxyl groups is 1. The number of benzene rings is 1. The van der Waals surface area contributed by atoms with Crippen LogP contribution in [0.25, 0.3) is 0 Å². The lowest BCUT2D eigenvalue weighted by atomic mass is 10.1. The molecule has 1 aromatic carbocycles. The first kappa shape index (κ1) is 15.7. The molecule has 1 amide bonds. The van der Waals surface area contributed by atoms with Crippen LogP contribution in [0.1, 0.15) is 19.4 Å². The number of carbonyl (C=O) groups is 1. The van der Waals surface area contributed by atoms with Crippen LogP contribution in [0.3, 0.4) is 0 Å². The molecular weight excluding hydrogens is 275 g/mol. The Bertz CT molecular complexity index is 508. The topological polar surface area (TPSA) is 61.8 Å². The van der Waals surface area contributed by atoms with E-state index < -0.39 is 11.9 Å². The molecule has 0 saturated carbocycles. The Morgan fingerprint density at radius 1 is 1.52 bits per heavy atom. The van der Waals surface area contributed by atoms with E-state index in [1.165, 1.54) is 12.1 Å².